The normalized spacial score (nSPS) is 12.7. The molecule has 35 heavy (non-hydrogen) atoms. The van der Waals surface area contributed by atoms with Gasteiger partial charge in [-0.2, -0.15) is 0 Å². The van der Waals surface area contributed by atoms with Gasteiger partial charge in [-0.25, -0.2) is 9.59 Å². The van der Waals surface area contributed by atoms with Gasteiger partial charge in [0.25, 0.3) is 5.22 Å². The van der Waals surface area contributed by atoms with E-state index in [1.54, 1.807) is 18.7 Å². The monoisotopic (exact) mass is 516 g/mol. The number of benzene rings is 1. The van der Waals surface area contributed by atoms with E-state index in [-0.39, 0.29) is 30.1 Å². The van der Waals surface area contributed by atoms with Gasteiger partial charge < -0.3 is 24.1 Å². The van der Waals surface area contributed by atoms with Crippen LogP contribution in [0.3, 0.4) is 0 Å². The molecule has 0 bridgehead atoms. The molecular weight excluding hydrogens is 492 g/mol. The van der Waals surface area contributed by atoms with Crippen molar-refractivity contribution in [1.29, 1.82) is 0 Å². The first-order valence-corrected chi connectivity index (χ1v) is 12.8. The van der Waals surface area contributed by atoms with E-state index in [4.69, 9.17) is 13.9 Å². The fraction of sp³-hybridized carbons (Fsp3) is 0.348. The molecule has 0 atom stereocenters. The predicted molar refractivity (Wildman–Crippen MR) is 130 cm³/mol. The van der Waals surface area contributed by atoms with Crippen LogP contribution >= 0.6 is 23.1 Å². The van der Waals surface area contributed by atoms with Gasteiger partial charge in [-0.3, -0.25) is 4.79 Å². The Balaban J connectivity index is 1.45. The van der Waals surface area contributed by atoms with E-state index in [0.29, 0.717) is 36.0 Å². The SMILES string of the molecule is CCOC(=O)c1c(NC(=O)CSc2nnc(-c3ccccc3)o2)sc2c1CCN(C(=O)OCC)C2. The number of rotatable bonds is 8. The first kappa shape index (κ1) is 24.7. The third-order valence-corrected chi connectivity index (χ3v) is 7.02. The molecule has 2 amide bonds. The fourth-order valence-corrected chi connectivity index (χ4v) is 5.37. The molecule has 1 aliphatic rings. The maximum atomic E-state index is 12.7. The second-order valence-electron chi connectivity index (χ2n) is 7.37. The summed E-state index contributed by atoms with van der Waals surface area (Å²) in [6.07, 6.45) is 0.0638. The Kier molecular flexibility index (Phi) is 8.03. The van der Waals surface area contributed by atoms with E-state index in [1.807, 2.05) is 30.3 Å². The van der Waals surface area contributed by atoms with Crippen LogP contribution < -0.4 is 5.32 Å². The first-order valence-electron chi connectivity index (χ1n) is 11.0. The Bertz CT molecular complexity index is 1210. The summed E-state index contributed by atoms with van der Waals surface area (Å²) < 4.78 is 16.0. The first-order chi connectivity index (χ1) is 17.0. The zero-order chi connectivity index (χ0) is 24.8. The number of hydrogen-bond acceptors (Lipinski definition) is 10. The van der Waals surface area contributed by atoms with Gasteiger partial charge in [0, 0.05) is 17.0 Å². The molecule has 0 radical (unpaired) electrons. The molecule has 0 unspecified atom stereocenters. The maximum Gasteiger partial charge on any atom is 0.410 e. The van der Waals surface area contributed by atoms with E-state index >= 15 is 0 Å². The van der Waals surface area contributed by atoms with Crippen molar-refractivity contribution in [3.8, 4) is 11.5 Å². The van der Waals surface area contributed by atoms with Gasteiger partial charge in [0.15, 0.2) is 0 Å². The number of aromatic nitrogens is 2. The van der Waals surface area contributed by atoms with Gasteiger partial charge >= 0.3 is 12.1 Å². The molecule has 3 heterocycles. The minimum atomic E-state index is -0.498. The quantitative estimate of drug-likeness (QED) is 0.346. The molecule has 0 saturated carbocycles. The zero-order valence-corrected chi connectivity index (χ0v) is 20.9. The average molecular weight is 517 g/mol. The number of hydrogen-bond donors (Lipinski definition) is 1. The molecule has 0 fully saturated rings. The maximum absolute atomic E-state index is 12.7. The van der Waals surface area contributed by atoms with Crippen LogP contribution in [0.1, 0.15) is 34.6 Å². The molecule has 0 spiro atoms. The molecule has 4 rings (SSSR count). The summed E-state index contributed by atoms with van der Waals surface area (Å²) in [5.74, 6) is -0.450. The number of nitrogens with one attached hydrogen (secondary N) is 1. The average Bonchev–Trinajstić information content (AvgIpc) is 3.47. The van der Waals surface area contributed by atoms with Crippen LogP contribution in [0.5, 0.6) is 0 Å². The third-order valence-electron chi connectivity index (χ3n) is 5.07. The highest BCUT2D eigenvalue weighted by Crippen LogP contribution is 2.38. The lowest BCUT2D eigenvalue weighted by Gasteiger charge is -2.26. The Labute approximate surface area is 210 Å². The van der Waals surface area contributed by atoms with Crippen LogP contribution in [-0.2, 0) is 27.2 Å². The molecule has 184 valence electrons. The van der Waals surface area contributed by atoms with Crippen LogP contribution in [-0.4, -0.2) is 58.6 Å². The van der Waals surface area contributed by atoms with Gasteiger partial charge in [0.05, 0.1) is 31.1 Å². The minimum Gasteiger partial charge on any atom is -0.462 e. The van der Waals surface area contributed by atoms with Crippen molar-refractivity contribution in [2.45, 2.75) is 32.0 Å². The second kappa shape index (κ2) is 11.4. The fourth-order valence-electron chi connectivity index (χ4n) is 3.54. The number of esters is 1. The molecule has 10 nitrogen and oxygen atoms in total. The van der Waals surface area contributed by atoms with Crippen molar-refractivity contribution in [2.75, 3.05) is 30.8 Å². The zero-order valence-electron chi connectivity index (χ0n) is 19.2. The lowest BCUT2D eigenvalue weighted by molar-refractivity contribution is -0.113. The summed E-state index contributed by atoms with van der Waals surface area (Å²) in [5, 5.41) is 11.5. The van der Waals surface area contributed by atoms with Crippen molar-refractivity contribution in [1.82, 2.24) is 15.1 Å². The summed E-state index contributed by atoms with van der Waals surface area (Å²) in [6, 6.07) is 9.34. The van der Waals surface area contributed by atoms with Crippen LogP contribution in [0.25, 0.3) is 11.5 Å². The summed E-state index contributed by atoms with van der Waals surface area (Å²) >= 11 is 2.36. The highest BCUT2D eigenvalue weighted by molar-refractivity contribution is 7.99. The molecule has 2 aromatic heterocycles. The number of ether oxygens (including phenoxy) is 2. The number of carbonyl (C=O) groups excluding carboxylic acids is 3. The molecule has 1 aromatic carbocycles. The number of anilines is 1. The topological polar surface area (TPSA) is 124 Å². The van der Waals surface area contributed by atoms with E-state index in [9.17, 15) is 14.4 Å². The van der Waals surface area contributed by atoms with Gasteiger partial charge in [0.1, 0.15) is 5.00 Å². The third kappa shape index (κ3) is 5.82. The smallest absolute Gasteiger partial charge is 0.410 e. The van der Waals surface area contributed by atoms with E-state index in [0.717, 1.165) is 27.8 Å². The van der Waals surface area contributed by atoms with Crippen molar-refractivity contribution in [3.05, 3.63) is 46.3 Å². The molecular formula is C23H24N4O6S2. The van der Waals surface area contributed by atoms with Crippen LogP contribution in [0.2, 0.25) is 0 Å². The number of thiophene rings is 1. The van der Waals surface area contributed by atoms with Gasteiger partial charge in [-0.05, 0) is 38.0 Å². The Morgan fingerprint density at radius 2 is 1.91 bits per heavy atom. The molecule has 3 aromatic rings. The Morgan fingerprint density at radius 3 is 2.66 bits per heavy atom. The number of fused-ring (bicyclic) bond motifs is 1. The van der Waals surface area contributed by atoms with E-state index in [2.05, 4.69) is 15.5 Å². The Morgan fingerprint density at radius 1 is 1.14 bits per heavy atom. The second-order valence-corrected chi connectivity index (χ2v) is 9.41. The van der Waals surface area contributed by atoms with E-state index < -0.39 is 12.1 Å². The number of amides is 2. The van der Waals surface area contributed by atoms with Gasteiger partial charge in [-0.15, -0.1) is 21.5 Å². The number of nitrogens with zero attached hydrogens (tertiary/aromatic N) is 3. The molecule has 1 aliphatic heterocycles. The summed E-state index contributed by atoms with van der Waals surface area (Å²) in [7, 11) is 0. The van der Waals surface area contributed by atoms with Crippen LogP contribution in [0, 0.1) is 0 Å². The summed E-state index contributed by atoms with van der Waals surface area (Å²) in [5.41, 5.74) is 1.93. The van der Waals surface area contributed by atoms with Crippen molar-refractivity contribution in [2.24, 2.45) is 0 Å². The lowest BCUT2D eigenvalue weighted by atomic mass is 10.0. The van der Waals surface area contributed by atoms with Gasteiger partial charge in [0.2, 0.25) is 11.8 Å². The van der Waals surface area contributed by atoms with Crippen molar-refractivity contribution in [3.63, 3.8) is 0 Å². The molecule has 1 N–H and O–H groups in total. The Hall–Kier alpha value is -3.38. The van der Waals surface area contributed by atoms with Crippen LogP contribution in [0.15, 0.2) is 40.0 Å². The predicted octanol–water partition coefficient (Wildman–Crippen LogP) is 4.22. The standard InChI is InChI=1S/C23H24N4O6S2/c1-3-31-21(29)18-15-10-11-27(23(30)32-4-2)12-16(15)35-20(18)24-17(28)13-34-22-26-25-19(33-22)14-8-6-5-7-9-14/h5-9H,3-4,10-13H2,1-2H3,(H,24,28). The highest BCUT2D eigenvalue weighted by Gasteiger charge is 2.31. The lowest BCUT2D eigenvalue weighted by Crippen LogP contribution is -2.36. The van der Waals surface area contributed by atoms with Crippen molar-refractivity contribution >= 4 is 46.1 Å². The minimum absolute atomic E-state index is 0.0101. The largest absolute Gasteiger partial charge is 0.462 e. The number of thioether (sulfide) groups is 1. The van der Waals surface area contributed by atoms with Crippen LogP contribution in [0.4, 0.5) is 9.80 Å². The summed E-state index contributed by atoms with van der Waals surface area (Å²) in [4.78, 5) is 40.0. The highest BCUT2D eigenvalue weighted by atomic mass is 32.2. The molecule has 0 saturated heterocycles. The molecule has 12 heteroatoms. The summed E-state index contributed by atoms with van der Waals surface area (Å²) in [6.45, 7) is 4.69. The van der Waals surface area contributed by atoms with Crippen molar-refractivity contribution < 1.29 is 28.3 Å². The molecule has 0 aliphatic carbocycles. The van der Waals surface area contributed by atoms with Gasteiger partial charge in [-0.1, -0.05) is 30.0 Å². The van der Waals surface area contributed by atoms with E-state index in [1.165, 1.54) is 11.3 Å². The number of carbonyl (C=O) groups is 3.